The van der Waals surface area contributed by atoms with Crippen LogP contribution in [0.3, 0.4) is 0 Å². The van der Waals surface area contributed by atoms with Crippen molar-refractivity contribution in [3.63, 3.8) is 0 Å². The number of nitrogens with zero attached hydrogens (tertiary/aromatic N) is 2. The van der Waals surface area contributed by atoms with Crippen LogP contribution in [0.4, 0.5) is 15.8 Å². The summed E-state index contributed by atoms with van der Waals surface area (Å²) in [6, 6.07) is 18.6. The van der Waals surface area contributed by atoms with Gasteiger partial charge >= 0.3 is 0 Å². The van der Waals surface area contributed by atoms with Crippen molar-refractivity contribution in [3.8, 4) is 0 Å². The van der Waals surface area contributed by atoms with Crippen LogP contribution in [0.15, 0.2) is 83.8 Å². The molecular weight excluding hydrogens is 449 g/mol. The number of nitro benzene ring substituents is 1. The number of hydrogen-bond donors (Lipinski definition) is 1. The van der Waals surface area contributed by atoms with E-state index in [1.54, 1.807) is 30.3 Å². The Morgan fingerprint density at radius 2 is 1.61 bits per heavy atom. The van der Waals surface area contributed by atoms with Crippen molar-refractivity contribution in [1.82, 2.24) is 5.32 Å². The number of anilines is 1. The quantitative estimate of drug-likeness (QED) is 0.276. The van der Waals surface area contributed by atoms with Crippen molar-refractivity contribution >= 4 is 27.3 Å². The van der Waals surface area contributed by atoms with E-state index in [9.17, 15) is 27.7 Å². The second kappa shape index (κ2) is 10.7. The molecule has 172 valence electrons. The number of non-ortho nitro benzene ring substituents is 1. The highest BCUT2D eigenvalue weighted by atomic mass is 32.2. The number of carbonyl (C=O) groups is 1. The summed E-state index contributed by atoms with van der Waals surface area (Å²) in [6.07, 6.45) is 1.20. The van der Waals surface area contributed by atoms with Gasteiger partial charge in [0.2, 0.25) is 5.91 Å². The maximum absolute atomic E-state index is 13.2. The lowest BCUT2D eigenvalue weighted by atomic mass is 10.1. The number of sulfonamides is 1. The van der Waals surface area contributed by atoms with Gasteiger partial charge in [-0.15, -0.1) is 0 Å². The molecule has 0 bridgehead atoms. The van der Waals surface area contributed by atoms with Crippen LogP contribution < -0.4 is 9.62 Å². The zero-order valence-electron chi connectivity index (χ0n) is 17.6. The van der Waals surface area contributed by atoms with E-state index in [0.717, 1.165) is 9.87 Å². The molecule has 0 unspecified atom stereocenters. The van der Waals surface area contributed by atoms with Gasteiger partial charge in [-0.25, -0.2) is 12.8 Å². The molecule has 33 heavy (non-hydrogen) atoms. The fourth-order valence-corrected chi connectivity index (χ4v) is 4.58. The number of aryl methyl sites for hydroxylation is 1. The highest BCUT2D eigenvalue weighted by Gasteiger charge is 2.27. The SMILES string of the molecule is O=C(CN(c1ccc([N+](=O)[O-])cc1)S(=O)(=O)c1ccccc1)NCCCc1ccc(F)cc1. The minimum Gasteiger partial charge on any atom is -0.355 e. The standard InChI is InChI=1S/C23H22FN3O5S/c24-19-10-8-18(9-11-19)5-4-16-25-23(28)17-26(20-12-14-21(15-13-20)27(29)30)33(31,32)22-6-2-1-3-7-22/h1-3,6-15H,4-5,16-17H2,(H,25,28). The summed E-state index contributed by atoms with van der Waals surface area (Å²) < 4.78 is 40.3. The summed E-state index contributed by atoms with van der Waals surface area (Å²) in [4.78, 5) is 22.9. The van der Waals surface area contributed by atoms with E-state index in [0.29, 0.717) is 19.4 Å². The van der Waals surface area contributed by atoms with Crippen molar-refractivity contribution < 1.29 is 22.5 Å². The van der Waals surface area contributed by atoms with Crippen LogP contribution in [-0.2, 0) is 21.2 Å². The molecule has 0 aliphatic carbocycles. The first-order chi connectivity index (χ1) is 15.8. The molecule has 0 saturated carbocycles. The highest BCUT2D eigenvalue weighted by Crippen LogP contribution is 2.25. The third-order valence-electron chi connectivity index (χ3n) is 4.84. The molecule has 10 heteroatoms. The van der Waals surface area contributed by atoms with Gasteiger partial charge < -0.3 is 5.32 Å². The number of amides is 1. The molecule has 0 saturated heterocycles. The fourth-order valence-electron chi connectivity index (χ4n) is 3.13. The van der Waals surface area contributed by atoms with Gasteiger partial charge in [0.1, 0.15) is 12.4 Å². The molecule has 0 aliphatic heterocycles. The van der Waals surface area contributed by atoms with Crippen molar-refractivity contribution in [2.24, 2.45) is 0 Å². The Labute approximate surface area is 190 Å². The molecule has 3 aromatic rings. The minimum absolute atomic E-state index is 0.00698. The van der Waals surface area contributed by atoms with Crippen LogP contribution >= 0.6 is 0 Å². The number of hydrogen-bond acceptors (Lipinski definition) is 5. The van der Waals surface area contributed by atoms with Crippen molar-refractivity contribution in [2.75, 3.05) is 17.4 Å². The van der Waals surface area contributed by atoms with Gasteiger partial charge in [-0.3, -0.25) is 19.2 Å². The lowest BCUT2D eigenvalue weighted by molar-refractivity contribution is -0.384. The van der Waals surface area contributed by atoms with Crippen LogP contribution in [0, 0.1) is 15.9 Å². The summed E-state index contributed by atoms with van der Waals surface area (Å²) in [5.74, 6) is -0.843. The van der Waals surface area contributed by atoms with E-state index in [4.69, 9.17) is 0 Å². The molecule has 0 atom stereocenters. The Morgan fingerprint density at radius 1 is 0.970 bits per heavy atom. The third kappa shape index (κ3) is 6.36. The predicted octanol–water partition coefficient (Wildman–Crippen LogP) is 3.68. The molecule has 3 aromatic carbocycles. The zero-order valence-corrected chi connectivity index (χ0v) is 18.4. The number of nitrogens with one attached hydrogen (secondary N) is 1. The Balaban J connectivity index is 1.71. The summed E-state index contributed by atoms with van der Waals surface area (Å²) in [5.41, 5.74) is 0.858. The molecule has 0 radical (unpaired) electrons. The Morgan fingerprint density at radius 3 is 2.21 bits per heavy atom. The highest BCUT2D eigenvalue weighted by molar-refractivity contribution is 7.92. The van der Waals surface area contributed by atoms with Gasteiger partial charge in [-0.05, 0) is 54.8 Å². The first-order valence-electron chi connectivity index (χ1n) is 10.1. The summed E-state index contributed by atoms with van der Waals surface area (Å²) >= 11 is 0. The summed E-state index contributed by atoms with van der Waals surface area (Å²) in [6.45, 7) is -0.193. The van der Waals surface area contributed by atoms with Crippen LogP contribution in [-0.4, -0.2) is 32.3 Å². The lowest BCUT2D eigenvalue weighted by Crippen LogP contribution is -2.41. The minimum atomic E-state index is -4.09. The Kier molecular flexibility index (Phi) is 7.73. The predicted molar refractivity (Wildman–Crippen MR) is 122 cm³/mol. The maximum Gasteiger partial charge on any atom is 0.269 e. The van der Waals surface area contributed by atoms with Gasteiger partial charge in [0, 0.05) is 18.7 Å². The largest absolute Gasteiger partial charge is 0.355 e. The molecular formula is C23H22FN3O5S. The van der Waals surface area contributed by atoms with Gasteiger partial charge in [0.25, 0.3) is 15.7 Å². The van der Waals surface area contributed by atoms with Crippen LogP contribution in [0.25, 0.3) is 0 Å². The number of halogens is 1. The van der Waals surface area contributed by atoms with Gasteiger partial charge in [-0.1, -0.05) is 30.3 Å². The van der Waals surface area contributed by atoms with E-state index < -0.39 is 27.4 Å². The van der Waals surface area contributed by atoms with E-state index in [-0.39, 0.29) is 22.1 Å². The summed E-state index contributed by atoms with van der Waals surface area (Å²) in [5, 5.41) is 13.6. The van der Waals surface area contributed by atoms with E-state index in [2.05, 4.69) is 5.32 Å². The molecule has 3 rings (SSSR count). The number of carbonyl (C=O) groups excluding carboxylic acids is 1. The second-order valence-electron chi connectivity index (χ2n) is 7.18. The molecule has 8 nitrogen and oxygen atoms in total. The maximum atomic E-state index is 13.2. The monoisotopic (exact) mass is 471 g/mol. The number of rotatable bonds is 10. The Hall–Kier alpha value is -3.79. The van der Waals surface area contributed by atoms with Crippen molar-refractivity contribution in [2.45, 2.75) is 17.7 Å². The first kappa shape index (κ1) is 23.9. The van der Waals surface area contributed by atoms with Crippen molar-refractivity contribution in [1.29, 1.82) is 0 Å². The van der Waals surface area contributed by atoms with Gasteiger partial charge in [0.15, 0.2) is 0 Å². The number of benzene rings is 3. The smallest absolute Gasteiger partial charge is 0.269 e. The molecule has 0 aromatic heterocycles. The van der Waals surface area contributed by atoms with Crippen molar-refractivity contribution in [3.05, 3.63) is 100 Å². The zero-order chi connectivity index (χ0) is 23.8. The molecule has 0 heterocycles. The topological polar surface area (TPSA) is 110 Å². The van der Waals surface area contributed by atoms with E-state index in [1.165, 1.54) is 48.5 Å². The van der Waals surface area contributed by atoms with E-state index in [1.807, 2.05) is 0 Å². The number of nitro groups is 1. The molecule has 1 N–H and O–H groups in total. The van der Waals surface area contributed by atoms with Crippen LogP contribution in [0.5, 0.6) is 0 Å². The normalized spacial score (nSPS) is 11.1. The summed E-state index contributed by atoms with van der Waals surface area (Å²) in [7, 11) is -4.09. The molecule has 0 spiro atoms. The molecule has 0 aliphatic rings. The average Bonchev–Trinajstić information content (AvgIpc) is 2.82. The van der Waals surface area contributed by atoms with E-state index >= 15 is 0 Å². The fraction of sp³-hybridized carbons (Fsp3) is 0.174. The van der Waals surface area contributed by atoms with Gasteiger partial charge in [-0.2, -0.15) is 0 Å². The first-order valence-corrected chi connectivity index (χ1v) is 11.5. The lowest BCUT2D eigenvalue weighted by Gasteiger charge is -2.24. The molecule has 0 fully saturated rings. The van der Waals surface area contributed by atoms with Crippen LogP contribution in [0.2, 0.25) is 0 Å². The van der Waals surface area contributed by atoms with Crippen LogP contribution in [0.1, 0.15) is 12.0 Å². The third-order valence-corrected chi connectivity index (χ3v) is 6.63. The Bertz CT molecular complexity index is 1200. The van der Waals surface area contributed by atoms with Gasteiger partial charge in [0.05, 0.1) is 15.5 Å². The second-order valence-corrected chi connectivity index (χ2v) is 9.04. The molecule has 1 amide bonds. The average molecular weight is 472 g/mol.